The number of nitrogens with zero attached hydrogens (tertiary/aromatic N) is 3. The Hall–Kier alpha value is -3.23. The van der Waals surface area contributed by atoms with Crippen molar-refractivity contribution in [3.63, 3.8) is 0 Å². The molecule has 0 fully saturated rings. The molecule has 3 heterocycles. The van der Waals surface area contributed by atoms with Gasteiger partial charge in [0, 0.05) is 21.7 Å². The first kappa shape index (κ1) is 22.9. The van der Waals surface area contributed by atoms with Crippen LogP contribution >= 0.6 is 27.5 Å². The third-order valence-corrected chi connectivity index (χ3v) is 6.09. The van der Waals surface area contributed by atoms with Crippen LogP contribution in [0.2, 0.25) is 5.02 Å². The molecular weight excluding hydrogens is 510 g/mol. The number of pyridine rings is 2. The Bertz CT molecular complexity index is 1390. The zero-order valence-electron chi connectivity index (χ0n) is 17.8. The van der Waals surface area contributed by atoms with E-state index in [1.807, 2.05) is 38.1 Å². The van der Waals surface area contributed by atoms with Crippen LogP contribution in [0.25, 0.3) is 10.9 Å². The van der Waals surface area contributed by atoms with Crippen LogP contribution in [0.15, 0.2) is 57.6 Å². The molecule has 0 radical (unpaired) electrons. The third kappa shape index (κ3) is 4.77. The van der Waals surface area contributed by atoms with Gasteiger partial charge in [0.2, 0.25) is 5.76 Å². The Morgan fingerprint density at radius 1 is 1.15 bits per heavy atom. The summed E-state index contributed by atoms with van der Waals surface area (Å²) in [5, 5.41) is 10.3. The van der Waals surface area contributed by atoms with Crippen molar-refractivity contribution in [2.45, 2.75) is 26.9 Å². The van der Waals surface area contributed by atoms with Crippen molar-refractivity contribution in [3.05, 3.63) is 92.2 Å². The van der Waals surface area contributed by atoms with Gasteiger partial charge in [0.1, 0.15) is 5.76 Å². The molecule has 0 saturated carbocycles. The van der Waals surface area contributed by atoms with E-state index in [0.29, 0.717) is 22.0 Å². The average molecular weight is 529 g/mol. The van der Waals surface area contributed by atoms with E-state index in [1.165, 1.54) is 6.07 Å². The monoisotopic (exact) mass is 527 g/mol. The largest absolute Gasteiger partial charge is 0.475 e. The zero-order chi connectivity index (χ0) is 23.7. The molecule has 33 heavy (non-hydrogen) atoms. The van der Waals surface area contributed by atoms with Crippen molar-refractivity contribution < 1.29 is 19.1 Å². The first-order valence-electron chi connectivity index (χ1n) is 10.0. The van der Waals surface area contributed by atoms with Crippen molar-refractivity contribution in [3.8, 4) is 0 Å². The van der Waals surface area contributed by atoms with Crippen molar-refractivity contribution in [2.75, 3.05) is 0 Å². The Kier molecular flexibility index (Phi) is 6.49. The molecule has 0 saturated heterocycles. The summed E-state index contributed by atoms with van der Waals surface area (Å²) in [4.78, 5) is 35.7. The normalized spacial score (nSPS) is 11.0. The highest BCUT2D eigenvalue weighted by atomic mass is 79.9. The predicted octanol–water partition coefficient (Wildman–Crippen LogP) is 5.80. The molecule has 0 unspecified atom stereocenters. The van der Waals surface area contributed by atoms with Crippen LogP contribution in [0.1, 0.15) is 43.6 Å². The van der Waals surface area contributed by atoms with Crippen LogP contribution in [-0.2, 0) is 13.1 Å². The van der Waals surface area contributed by atoms with Gasteiger partial charge < -0.3 is 14.4 Å². The maximum Gasteiger partial charge on any atom is 0.371 e. The number of benzene rings is 1. The number of hydrogen-bond acceptors (Lipinski definition) is 5. The molecule has 3 aromatic heterocycles. The molecule has 1 N–H and O–H groups in total. The molecular formula is C24H19BrClN3O4. The van der Waals surface area contributed by atoms with Crippen LogP contribution in [-0.4, -0.2) is 31.9 Å². The summed E-state index contributed by atoms with van der Waals surface area (Å²) in [6.45, 7) is 3.86. The van der Waals surface area contributed by atoms with Gasteiger partial charge in [0.05, 0.1) is 34.9 Å². The maximum atomic E-state index is 13.9. The van der Waals surface area contributed by atoms with Crippen molar-refractivity contribution in [2.24, 2.45) is 0 Å². The van der Waals surface area contributed by atoms with Gasteiger partial charge in [-0.25, -0.2) is 4.79 Å². The number of carboxylic acid groups (broad SMARTS) is 1. The topological polar surface area (TPSA) is 96.5 Å². The van der Waals surface area contributed by atoms with Crippen LogP contribution in [0.4, 0.5) is 0 Å². The van der Waals surface area contributed by atoms with E-state index in [2.05, 4.69) is 25.9 Å². The van der Waals surface area contributed by atoms with Crippen LogP contribution in [0.5, 0.6) is 0 Å². The molecule has 1 aromatic carbocycles. The standard InChI is InChI=1S/C24H19BrClN3O4/c1-13-14(2)28-19-6-4-3-5-17(19)22(13)23(30)29(11-16-7-8-21(33-16)24(31)32)12-20-18(26)9-15(25)10-27-20/h3-10H,11-12H2,1-2H3,(H,31,32). The lowest BCUT2D eigenvalue weighted by Crippen LogP contribution is -2.31. The van der Waals surface area contributed by atoms with E-state index >= 15 is 0 Å². The van der Waals surface area contributed by atoms with Crippen molar-refractivity contribution in [1.29, 1.82) is 0 Å². The van der Waals surface area contributed by atoms with Gasteiger partial charge in [-0.3, -0.25) is 14.8 Å². The summed E-state index contributed by atoms with van der Waals surface area (Å²) in [5.41, 5.74) is 3.27. The quantitative estimate of drug-likeness (QED) is 0.340. The van der Waals surface area contributed by atoms with Crippen LogP contribution in [0, 0.1) is 13.8 Å². The number of aryl methyl sites for hydroxylation is 1. The highest BCUT2D eigenvalue weighted by Crippen LogP contribution is 2.27. The molecule has 0 aliphatic carbocycles. The summed E-state index contributed by atoms with van der Waals surface area (Å²) in [6, 6.07) is 12.1. The molecule has 0 bridgehead atoms. The molecule has 4 aromatic rings. The first-order chi connectivity index (χ1) is 15.7. The zero-order valence-corrected chi connectivity index (χ0v) is 20.1. The molecule has 9 heteroatoms. The number of hydrogen-bond donors (Lipinski definition) is 1. The van der Waals surface area contributed by atoms with E-state index in [4.69, 9.17) is 16.0 Å². The number of fused-ring (bicyclic) bond motifs is 1. The number of furan rings is 1. The molecule has 0 aliphatic rings. The highest BCUT2D eigenvalue weighted by Gasteiger charge is 2.25. The number of halogens is 2. The van der Waals surface area contributed by atoms with Gasteiger partial charge in [0.25, 0.3) is 5.91 Å². The Morgan fingerprint density at radius 2 is 1.91 bits per heavy atom. The van der Waals surface area contributed by atoms with E-state index in [-0.39, 0.29) is 24.8 Å². The van der Waals surface area contributed by atoms with Crippen LogP contribution in [0.3, 0.4) is 0 Å². The number of para-hydroxylation sites is 1. The van der Waals surface area contributed by atoms with E-state index < -0.39 is 5.97 Å². The summed E-state index contributed by atoms with van der Waals surface area (Å²) in [6.07, 6.45) is 1.61. The highest BCUT2D eigenvalue weighted by molar-refractivity contribution is 9.10. The number of carboxylic acids is 1. The van der Waals surface area contributed by atoms with Gasteiger partial charge in [0.15, 0.2) is 0 Å². The summed E-state index contributed by atoms with van der Waals surface area (Å²) in [5.74, 6) is -1.30. The fourth-order valence-corrected chi connectivity index (χ4v) is 4.26. The summed E-state index contributed by atoms with van der Waals surface area (Å²) >= 11 is 9.72. The Balaban J connectivity index is 1.80. The lowest BCUT2D eigenvalue weighted by molar-refractivity contribution is 0.0655. The predicted molar refractivity (Wildman–Crippen MR) is 127 cm³/mol. The van der Waals surface area contributed by atoms with E-state index in [0.717, 1.165) is 26.6 Å². The average Bonchev–Trinajstić information content (AvgIpc) is 3.24. The second kappa shape index (κ2) is 9.33. The van der Waals surface area contributed by atoms with Crippen molar-refractivity contribution in [1.82, 2.24) is 14.9 Å². The second-order valence-electron chi connectivity index (χ2n) is 7.53. The number of aromatic carboxylic acids is 1. The minimum absolute atomic E-state index is 0.0370. The third-order valence-electron chi connectivity index (χ3n) is 5.32. The molecule has 0 aliphatic heterocycles. The fourth-order valence-electron chi connectivity index (χ4n) is 3.57. The fraction of sp³-hybridized carbons (Fsp3) is 0.167. The second-order valence-corrected chi connectivity index (χ2v) is 8.85. The number of carbonyl (C=O) groups is 2. The number of carbonyl (C=O) groups excluding carboxylic acids is 1. The Morgan fingerprint density at radius 3 is 2.61 bits per heavy atom. The molecule has 168 valence electrons. The SMILES string of the molecule is Cc1nc2ccccc2c(C(=O)N(Cc2ccc(C(=O)O)o2)Cc2ncc(Br)cc2Cl)c1C. The number of amides is 1. The van der Waals surface area contributed by atoms with Gasteiger partial charge >= 0.3 is 5.97 Å². The summed E-state index contributed by atoms with van der Waals surface area (Å²) < 4.78 is 6.14. The first-order valence-corrected chi connectivity index (χ1v) is 11.2. The smallest absolute Gasteiger partial charge is 0.371 e. The van der Waals surface area contributed by atoms with Gasteiger partial charge in [-0.15, -0.1) is 0 Å². The number of aromatic nitrogens is 2. The molecule has 0 spiro atoms. The van der Waals surface area contributed by atoms with E-state index in [1.54, 1.807) is 23.2 Å². The van der Waals surface area contributed by atoms with Crippen LogP contribution < -0.4 is 0 Å². The molecule has 1 amide bonds. The molecule has 7 nitrogen and oxygen atoms in total. The minimum atomic E-state index is -1.18. The van der Waals surface area contributed by atoms with E-state index in [9.17, 15) is 14.7 Å². The van der Waals surface area contributed by atoms with Crippen molar-refractivity contribution >= 4 is 50.3 Å². The van der Waals surface area contributed by atoms with Gasteiger partial charge in [-0.05, 0) is 59.6 Å². The summed E-state index contributed by atoms with van der Waals surface area (Å²) in [7, 11) is 0. The van der Waals surface area contributed by atoms with Gasteiger partial charge in [-0.2, -0.15) is 0 Å². The minimum Gasteiger partial charge on any atom is -0.475 e. The Labute approximate surface area is 203 Å². The molecule has 0 atom stereocenters. The lowest BCUT2D eigenvalue weighted by Gasteiger charge is -2.24. The molecule has 4 rings (SSSR count). The van der Waals surface area contributed by atoms with Gasteiger partial charge in [-0.1, -0.05) is 29.8 Å². The lowest BCUT2D eigenvalue weighted by atomic mass is 10.00. The maximum absolute atomic E-state index is 13.9. The number of rotatable bonds is 6.